The summed E-state index contributed by atoms with van der Waals surface area (Å²) >= 11 is 6.13. The molecule has 0 saturated heterocycles. The third-order valence-electron chi connectivity index (χ3n) is 3.37. The molecule has 0 aliphatic heterocycles. The number of hydrogen-bond donors (Lipinski definition) is 1. The Hall–Kier alpha value is -0.730. The van der Waals surface area contributed by atoms with Crippen molar-refractivity contribution in [2.45, 2.75) is 46.1 Å². The molecule has 0 aliphatic rings. The summed E-state index contributed by atoms with van der Waals surface area (Å²) in [5, 5.41) is 4.21. The molecule has 0 aliphatic carbocycles. The first-order valence-corrected chi connectivity index (χ1v) is 7.75. The second-order valence-electron chi connectivity index (χ2n) is 5.24. The van der Waals surface area contributed by atoms with E-state index in [-0.39, 0.29) is 0 Å². The molecule has 1 aromatic carbocycles. The Morgan fingerprint density at radius 3 is 2.53 bits per heavy atom. The lowest BCUT2D eigenvalue weighted by atomic mass is 10.2. The van der Waals surface area contributed by atoms with E-state index >= 15 is 0 Å². The van der Waals surface area contributed by atoms with Gasteiger partial charge in [-0.1, -0.05) is 43.5 Å². The average molecular weight is 283 g/mol. The maximum atomic E-state index is 6.13. The van der Waals surface area contributed by atoms with E-state index in [4.69, 9.17) is 11.6 Å². The highest BCUT2D eigenvalue weighted by Gasteiger charge is 2.08. The Labute approximate surface area is 123 Å². The van der Waals surface area contributed by atoms with Gasteiger partial charge >= 0.3 is 0 Å². The van der Waals surface area contributed by atoms with Crippen LogP contribution in [0.2, 0.25) is 5.02 Å². The smallest absolute Gasteiger partial charge is 0.0637 e. The normalized spacial score (nSPS) is 11.3. The first kappa shape index (κ1) is 16.3. The van der Waals surface area contributed by atoms with Crippen LogP contribution < -0.4 is 5.32 Å². The van der Waals surface area contributed by atoms with Gasteiger partial charge in [0.1, 0.15) is 0 Å². The number of nitrogens with zero attached hydrogens (tertiary/aromatic N) is 1. The van der Waals surface area contributed by atoms with Crippen molar-refractivity contribution >= 4 is 17.3 Å². The number of rotatable bonds is 9. The summed E-state index contributed by atoms with van der Waals surface area (Å²) in [5.74, 6) is 0. The average Bonchev–Trinajstić information content (AvgIpc) is 2.39. The van der Waals surface area contributed by atoms with Crippen molar-refractivity contribution in [2.75, 3.05) is 25.0 Å². The van der Waals surface area contributed by atoms with Gasteiger partial charge in [0.05, 0.1) is 10.7 Å². The SMILES string of the molecule is CCCCCN(CCNc1ccccc1Cl)C(C)C. The van der Waals surface area contributed by atoms with E-state index in [2.05, 4.69) is 31.0 Å². The molecule has 108 valence electrons. The van der Waals surface area contributed by atoms with Crippen molar-refractivity contribution in [1.82, 2.24) is 4.90 Å². The summed E-state index contributed by atoms with van der Waals surface area (Å²) in [7, 11) is 0. The standard InChI is InChI=1S/C16H27ClN2/c1-4-5-8-12-19(14(2)3)13-11-18-16-10-7-6-9-15(16)17/h6-7,9-10,14,18H,4-5,8,11-13H2,1-3H3. The first-order chi connectivity index (χ1) is 9.15. The van der Waals surface area contributed by atoms with Crippen LogP contribution in [0, 0.1) is 0 Å². The van der Waals surface area contributed by atoms with E-state index in [0.717, 1.165) is 23.8 Å². The van der Waals surface area contributed by atoms with Crippen molar-refractivity contribution in [1.29, 1.82) is 0 Å². The van der Waals surface area contributed by atoms with Gasteiger partial charge in [0.25, 0.3) is 0 Å². The highest BCUT2D eigenvalue weighted by molar-refractivity contribution is 6.33. The number of hydrogen-bond acceptors (Lipinski definition) is 2. The lowest BCUT2D eigenvalue weighted by Gasteiger charge is -2.26. The van der Waals surface area contributed by atoms with Crippen molar-refractivity contribution in [2.24, 2.45) is 0 Å². The van der Waals surface area contributed by atoms with Gasteiger partial charge in [-0.05, 0) is 38.9 Å². The molecule has 0 bridgehead atoms. The summed E-state index contributed by atoms with van der Waals surface area (Å²) in [4.78, 5) is 2.53. The molecule has 0 radical (unpaired) electrons. The molecule has 0 saturated carbocycles. The molecule has 1 rings (SSSR count). The lowest BCUT2D eigenvalue weighted by molar-refractivity contribution is 0.225. The molecule has 0 amide bonds. The van der Waals surface area contributed by atoms with Crippen molar-refractivity contribution in [3.05, 3.63) is 29.3 Å². The number of unbranched alkanes of at least 4 members (excludes halogenated alkanes) is 2. The molecule has 19 heavy (non-hydrogen) atoms. The monoisotopic (exact) mass is 282 g/mol. The van der Waals surface area contributed by atoms with Crippen LogP contribution in [0.15, 0.2) is 24.3 Å². The van der Waals surface area contributed by atoms with Crippen LogP contribution in [0.4, 0.5) is 5.69 Å². The second-order valence-corrected chi connectivity index (χ2v) is 5.65. The van der Waals surface area contributed by atoms with E-state index in [9.17, 15) is 0 Å². The minimum absolute atomic E-state index is 0.602. The van der Waals surface area contributed by atoms with Gasteiger partial charge in [-0.15, -0.1) is 0 Å². The predicted molar refractivity (Wildman–Crippen MR) is 86.2 cm³/mol. The number of para-hydroxylation sites is 1. The molecule has 0 spiro atoms. The number of anilines is 1. The molecule has 3 heteroatoms. The molecule has 1 N–H and O–H groups in total. The van der Waals surface area contributed by atoms with Crippen molar-refractivity contribution < 1.29 is 0 Å². The van der Waals surface area contributed by atoms with Crippen molar-refractivity contribution in [3.63, 3.8) is 0 Å². The maximum Gasteiger partial charge on any atom is 0.0637 e. The second kappa shape index (κ2) is 9.22. The lowest BCUT2D eigenvalue weighted by Crippen LogP contribution is -2.35. The van der Waals surface area contributed by atoms with Crippen LogP contribution in [-0.4, -0.2) is 30.6 Å². The van der Waals surface area contributed by atoms with E-state index in [1.165, 1.54) is 25.8 Å². The summed E-state index contributed by atoms with van der Waals surface area (Å²) in [6.45, 7) is 9.97. The minimum atomic E-state index is 0.602. The Balaban J connectivity index is 2.34. The zero-order valence-electron chi connectivity index (χ0n) is 12.5. The van der Waals surface area contributed by atoms with Gasteiger partial charge in [-0.3, -0.25) is 4.90 Å². The number of benzene rings is 1. The van der Waals surface area contributed by atoms with Gasteiger partial charge in [-0.25, -0.2) is 0 Å². The molecular formula is C16H27ClN2. The largest absolute Gasteiger partial charge is 0.383 e. The summed E-state index contributed by atoms with van der Waals surface area (Å²) < 4.78 is 0. The Bertz CT molecular complexity index is 352. The fraction of sp³-hybridized carbons (Fsp3) is 0.625. The molecule has 0 fully saturated rings. The topological polar surface area (TPSA) is 15.3 Å². The molecular weight excluding hydrogens is 256 g/mol. The van der Waals surface area contributed by atoms with Crippen LogP contribution in [0.1, 0.15) is 40.0 Å². The first-order valence-electron chi connectivity index (χ1n) is 7.37. The molecule has 0 unspecified atom stereocenters. The number of halogens is 1. The molecule has 0 heterocycles. The fourth-order valence-electron chi connectivity index (χ4n) is 2.13. The minimum Gasteiger partial charge on any atom is -0.383 e. The van der Waals surface area contributed by atoms with Gasteiger partial charge in [-0.2, -0.15) is 0 Å². The van der Waals surface area contributed by atoms with E-state index in [1.54, 1.807) is 0 Å². The Kier molecular flexibility index (Phi) is 7.92. The molecule has 0 aromatic heterocycles. The fourth-order valence-corrected chi connectivity index (χ4v) is 2.33. The van der Waals surface area contributed by atoms with Gasteiger partial charge in [0.2, 0.25) is 0 Å². The van der Waals surface area contributed by atoms with E-state index in [0.29, 0.717) is 6.04 Å². The van der Waals surface area contributed by atoms with Crippen LogP contribution >= 0.6 is 11.6 Å². The maximum absolute atomic E-state index is 6.13. The zero-order valence-corrected chi connectivity index (χ0v) is 13.2. The van der Waals surface area contributed by atoms with Gasteiger partial charge in [0.15, 0.2) is 0 Å². The van der Waals surface area contributed by atoms with Crippen molar-refractivity contribution in [3.8, 4) is 0 Å². The predicted octanol–water partition coefficient (Wildman–Crippen LogP) is 4.65. The summed E-state index contributed by atoms with van der Waals surface area (Å²) in [5.41, 5.74) is 1.03. The van der Waals surface area contributed by atoms with Crippen LogP contribution in [0.5, 0.6) is 0 Å². The Morgan fingerprint density at radius 2 is 1.89 bits per heavy atom. The number of nitrogens with one attached hydrogen (secondary N) is 1. The van der Waals surface area contributed by atoms with Gasteiger partial charge in [0, 0.05) is 19.1 Å². The third kappa shape index (κ3) is 6.31. The molecule has 0 atom stereocenters. The van der Waals surface area contributed by atoms with Gasteiger partial charge < -0.3 is 5.32 Å². The molecule has 2 nitrogen and oxygen atoms in total. The molecule has 1 aromatic rings. The van der Waals surface area contributed by atoms with E-state index < -0.39 is 0 Å². The van der Waals surface area contributed by atoms with Crippen LogP contribution in [-0.2, 0) is 0 Å². The van der Waals surface area contributed by atoms with Crippen LogP contribution in [0.3, 0.4) is 0 Å². The quantitative estimate of drug-likeness (QED) is 0.663. The third-order valence-corrected chi connectivity index (χ3v) is 3.70. The highest BCUT2D eigenvalue weighted by Crippen LogP contribution is 2.20. The summed E-state index contributed by atoms with van der Waals surface area (Å²) in [6.07, 6.45) is 3.89. The van der Waals surface area contributed by atoms with Crippen LogP contribution in [0.25, 0.3) is 0 Å². The van der Waals surface area contributed by atoms with E-state index in [1.807, 2.05) is 24.3 Å². The summed E-state index contributed by atoms with van der Waals surface area (Å²) in [6, 6.07) is 8.52. The zero-order chi connectivity index (χ0) is 14.1. The Morgan fingerprint density at radius 1 is 1.16 bits per heavy atom. The highest BCUT2D eigenvalue weighted by atomic mass is 35.5.